The fourth-order valence-corrected chi connectivity index (χ4v) is 2.87. The molecule has 6 nitrogen and oxygen atoms in total. The average Bonchev–Trinajstić information content (AvgIpc) is 2.63. The Balaban J connectivity index is 2.94. The van der Waals surface area contributed by atoms with Gasteiger partial charge in [-0.05, 0) is 47.5 Å². The average molecular weight is 364 g/mol. The van der Waals surface area contributed by atoms with E-state index in [1.807, 2.05) is 0 Å². The molecule has 0 aromatic rings. The van der Waals surface area contributed by atoms with Crippen molar-refractivity contribution in [2.45, 2.75) is 103 Å². The number of rotatable bonds is 22. The van der Waals surface area contributed by atoms with Gasteiger partial charge in [-0.2, -0.15) is 0 Å². The zero-order valence-electron chi connectivity index (χ0n) is 16.3. The van der Waals surface area contributed by atoms with Crippen LogP contribution in [0.25, 0.3) is 0 Å². The molecule has 0 rings (SSSR count). The van der Waals surface area contributed by atoms with Crippen molar-refractivity contribution in [1.82, 2.24) is 5.32 Å². The summed E-state index contributed by atoms with van der Waals surface area (Å²) in [6, 6.07) is 0. The molecule has 0 saturated heterocycles. The normalized spacial score (nSPS) is 11.3. The Morgan fingerprint density at radius 2 is 1.08 bits per heavy atom. The van der Waals surface area contributed by atoms with Crippen LogP contribution < -0.4 is 5.32 Å². The molecule has 0 aromatic carbocycles. The molecular formula is C19H41NO5. The second kappa shape index (κ2) is 23.8. The summed E-state index contributed by atoms with van der Waals surface area (Å²) in [6.45, 7) is 5.07. The highest BCUT2D eigenvalue weighted by Crippen LogP contribution is 2.09. The minimum absolute atomic E-state index is 0.438. The van der Waals surface area contributed by atoms with Gasteiger partial charge in [0.05, 0.1) is 6.61 Å². The van der Waals surface area contributed by atoms with Crippen molar-refractivity contribution in [3.8, 4) is 0 Å². The van der Waals surface area contributed by atoms with Gasteiger partial charge in [0.2, 0.25) is 0 Å². The molecule has 25 heavy (non-hydrogen) atoms. The second-order valence-electron chi connectivity index (χ2n) is 6.73. The van der Waals surface area contributed by atoms with Gasteiger partial charge in [-0.3, -0.25) is 0 Å². The summed E-state index contributed by atoms with van der Waals surface area (Å²) < 4.78 is 0. The van der Waals surface area contributed by atoms with Crippen molar-refractivity contribution >= 4 is 0 Å². The van der Waals surface area contributed by atoms with Crippen LogP contribution in [0.2, 0.25) is 0 Å². The minimum atomic E-state index is 0.438. The number of nitrogens with one attached hydrogen (secondary N) is 1. The van der Waals surface area contributed by atoms with E-state index >= 15 is 0 Å². The van der Waals surface area contributed by atoms with Crippen LogP contribution in [-0.4, -0.2) is 25.0 Å². The predicted molar refractivity (Wildman–Crippen MR) is 99.6 cm³/mol. The summed E-state index contributed by atoms with van der Waals surface area (Å²) in [5, 5.41) is 22.3. The lowest BCUT2D eigenvalue weighted by Gasteiger charge is -2.05. The van der Waals surface area contributed by atoms with E-state index in [9.17, 15) is 0 Å². The third-order valence-electron chi connectivity index (χ3n) is 4.39. The molecule has 0 aromatic heterocycles. The SMILES string of the molecule is CCCCCCCCCNCCCCCCCCCCOOOOO. The maximum absolute atomic E-state index is 7.79. The van der Waals surface area contributed by atoms with E-state index in [1.54, 1.807) is 0 Å². The summed E-state index contributed by atoms with van der Waals surface area (Å²) in [4.78, 5) is 4.59. The Morgan fingerprint density at radius 1 is 0.600 bits per heavy atom. The predicted octanol–water partition coefficient (Wildman–Crippen LogP) is 5.73. The van der Waals surface area contributed by atoms with Crippen LogP contribution in [-0.2, 0) is 20.0 Å². The van der Waals surface area contributed by atoms with Crippen molar-refractivity contribution in [2.75, 3.05) is 19.7 Å². The first-order chi connectivity index (χ1) is 12.4. The van der Waals surface area contributed by atoms with Gasteiger partial charge in [-0.25, -0.2) is 10.1 Å². The quantitative estimate of drug-likeness (QED) is 0.145. The fraction of sp³-hybridized carbons (Fsp3) is 1.00. The Bertz CT molecular complexity index is 210. The van der Waals surface area contributed by atoms with Gasteiger partial charge in [0.25, 0.3) is 0 Å². The monoisotopic (exact) mass is 363 g/mol. The largest absolute Gasteiger partial charge is 0.317 e. The van der Waals surface area contributed by atoms with E-state index in [-0.39, 0.29) is 0 Å². The number of hydrogen-bond acceptors (Lipinski definition) is 6. The van der Waals surface area contributed by atoms with Gasteiger partial charge in [0, 0.05) is 0 Å². The summed E-state index contributed by atoms with van der Waals surface area (Å²) in [7, 11) is 0. The highest BCUT2D eigenvalue weighted by Gasteiger charge is 1.95. The van der Waals surface area contributed by atoms with Crippen LogP contribution in [0.3, 0.4) is 0 Å². The van der Waals surface area contributed by atoms with Crippen LogP contribution in [0.1, 0.15) is 103 Å². The first kappa shape index (κ1) is 24.8. The first-order valence-electron chi connectivity index (χ1n) is 10.4. The Morgan fingerprint density at radius 3 is 1.60 bits per heavy atom. The molecule has 0 aliphatic carbocycles. The Labute approximate surface area is 154 Å². The molecule has 0 atom stereocenters. The van der Waals surface area contributed by atoms with Crippen molar-refractivity contribution in [2.24, 2.45) is 0 Å². The van der Waals surface area contributed by atoms with Gasteiger partial charge in [-0.1, -0.05) is 84.0 Å². The smallest absolute Gasteiger partial charge is 0.0855 e. The molecule has 0 saturated carbocycles. The van der Waals surface area contributed by atoms with E-state index in [0.717, 1.165) is 12.8 Å². The highest BCUT2D eigenvalue weighted by atomic mass is 17.8. The fourth-order valence-electron chi connectivity index (χ4n) is 2.87. The van der Waals surface area contributed by atoms with E-state index in [4.69, 9.17) is 5.26 Å². The molecule has 2 N–H and O–H groups in total. The van der Waals surface area contributed by atoms with Crippen molar-refractivity contribution in [3.63, 3.8) is 0 Å². The molecule has 0 aliphatic heterocycles. The molecule has 0 amide bonds. The van der Waals surface area contributed by atoms with Gasteiger partial charge >= 0.3 is 0 Å². The highest BCUT2D eigenvalue weighted by molar-refractivity contribution is 4.52. The van der Waals surface area contributed by atoms with E-state index in [1.165, 1.54) is 96.6 Å². The molecule has 0 fully saturated rings. The van der Waals surface area contributed by atoms with Crippen LogP contribution in [0.4, 0.5) is 0 Å². The van der Waals surface area contributed by atoms with Crippen LogP contribution in [0.15, 0.2) is 0 Å². The van der Waals surface area contributed by atoms with E-state index in [0.29, 0.717) is 6.61 Å². The molecular weight excluding hydrogens is 322 g/mol. The summed E-state index contributed by atoms with van der Waals surface area (Å²) in [5.74, 6) is 0. The van der Waals surface area contributed by atoms with Crippen molar-refractivity contribution in [3.05, 3.63) is 0 Å². The van der Waals surface area contributed by atoms with Crippen LogP contribution in [0, 0.1) is 0 Å². The third kappa shape index (κ3) is 23.8. The molecule has 0 aliphatic rings. The first-order valence-corrected chi connectivity index (χ1v) is 10.4. The summed E-state index contributed by atoms with van der Waals surface area (Å²) in [6.07, 6.45) is 19.5. The maximum Gasteiger partial charge on any atom is 0.0855 e. The molecule has 0 bridgehead atoms. The lowest BCUT2D eigenvalue weighted by Crippen LogP contribution is -2.16. The Kier molecular flexibility index (Phi) is 23.5. The lowest BCUT2D eigenvalue weighted by atomic mass is 10.1. The lowest BCUT2D eigenvalue weighted by molar-refractivity contribution is -0.702. The number of hydrogen-bond donors (Lipinski definition) is 2. The molecule has 6 heteroatoms. The van der Waals surface area contributed by atoms with Crippen LogP contribution >= 0.6 is 0 Å². The standard InChI is InChI=1S/C19H41NO5/c1-2-3-4-5-8-11-14-17-20-18-15-12-9-6-7-10-13-16-19-22-24-25-23-21/h20-21H,2-19H2,1H3. The molecule has 0 radical (unpaired) electrons. The Hall–Kier alpha value is -0.240. The van der Waals surface area contributed by atoms with Gasteiger partial charge in [-0.15, -0.1) is 0 Å². The minimum Gasteiger partial charge on any atom is -0.317 e. The summed E-state index contributed by atoms with van der Waals surface area (Å²) >= 11 is 0. The molecule has 0 unspecified atom stereocenters. The molecule has 0 spiro atoms. The van der Waals surface area contributed by atoms with Crippen molar-refractivity contribution in [1.29, 1.82) is 0 Å². The number of unbranched alkanes of at least 4 members (excludes halogenated alkanes) is 13. The zero-order chi connectivity index (χ0) is 18.3. The second-order valence-corrected chi connectivity index (χ2v) is 6.73. The van der Waals surface area contributed by atoms with Gasteiger partial charge in [0.1, 0.15) is 0 Å². The van der Waals surface area contributed by atoms with E-state index in [2.05, 4.69) is 32.2 Å². The van der Waals surface area contributed by atoms with E-state index < -0.39 is 0 Å². The third-order valence-corrected chi connectivity index (χ3v) is 4.39. The van der Waals surface area contributed by atoms with Gasteiger partial charge in [0.15, 0.2) is 0 Å². The topological polar surface area (TPSA) is 69.2 Å². The maximum atomic E-state index is 7.79. The van der Waals surface area contributed by atoms with Crippen molar-refractivity contribution < 1.29 is 25.3 Å². The van der Waals surface area contributed by atoms with Crippen LogP contribution in [0.5, 0.6) is 0 Å². The zero-order valence-corrected chi connectivity index (χ0v) is 16.3. The molecule has 0 heterocycles. The summed E-state index contributed by atoms with van der Waals surface area (Å²) in [5.41, 5.74) is 0. The molecule has 152 valence electrons. The van der Waals surface area contributed by atoms with Gasteiger partial charge < -0.3 is 5.32 Å².